The first kappa shape index (κ1) is 12.9. The number of ether oxygens (including phenoxy) is 1. The van der Waals surface area contributed by atoms with Gasteiger partial charge in [0.2, 0.25) is 0 Å². The highest BCUT2D eigenvalue weighted by Crippen LogP contribution is 1.96. The Morgan fingerprint density at radius 1 is 1.31 bits per heavy atom. The Hall–Kier alpha value is -0.120. The van der Waals surface area contributed by atoms with E-state index in [9.17, 15) is 5.11 Å². The molecule has 80 valence electrons. The molecule has 0 rings (SSSR count). The van der Waals surface area contributed by atoms with Gasteiger partial charge in [0.1, 0.15) is 0 Å². The highest BCUT2D eigenvalue weighted by Gasteiger charge is 2.07. The lowest BCUT2D eigenvalue weighted by Crippen LogP contribution is -2.34. The van der Waals surface area contributed by atoms with Gasteiger partial charge in [0.25, 0.3) is 0 Å². The zero-order valence-electron chi connectivity index (χ0n) is 9.12. The van der Waals surface area contributed by atoms with Crippen molar-refractivity contribution < 1.29 is 9.84 Å². The van der Waals surface area contributed by atoms with E-state index in [1.807, 2.05) is 13.8 Å². The quantitative estimate of drug-likeness (QED) is 0.581. The van der Waals surface area contributed by atoms with E-state index in [-0.39, 0.29) is 6.10 Å². The predicted molar refractivity (Wildman–Crippen MR) is 54.9 cm³/mol. The van der Waals surface area contributed by atoms with Crippen molar-refractivity contribution in [2.75, 3.05) is 32.8 Å². The molecule has 0 fully saturated rings. The zero-order valence-corrected chi connectivity index (χ0v) is 9.12. The van der Waals surface area contributed by atoms with Crippen molar-refractivity contribution in [3.8, 4) is 0 Å². The average Bonchev–Trinajstić information content (AvgIpc) is 2.16. The van der Waals surface area contributed by atoms with Gasteiger partial charge in [0.15, 0.2) is 0 Å². The summed E-state index contributed by atoms with van der Waals surface area (Å²) in [5, 5.41) is 9.43. The summed E-state index contributed by atoms with van der Waals surface area (Å²) in [5.41, 5.74) is 0. The van der Waals surface area contributed by atoms with Crippen LogP contribution in [0.15, 0.2) is 0 Å². The van der Waals surface area contributed by atoms with Crippen molar-refractivity contribution in [1.29, 1.82) is 0 Å². The first-order chi connectivity index (χ1) is 6.24. The SMILES string of the molecule is CCOCCN(CC)CC(O)CC. The van der Waals surface area contributed by atoms with Gasteiger partial charge in [-0.25, -0.2) is 0 Å². The molecule has 0 spiro atoms. The molecule has 1 N–H and O–H groups in total. The molecular weight excluding hydrogens is 166 g/mol. The molecule has 0 heterocycles. The molecule has 0 saturated carbocycles. The minimum Gasteiger partial charge on any atom is -0.392 e. The van der Waals surface area contributed by atoms with Crippen molar-refractivity contribution >= 4 is 0 Å². The normalized spacial score (nSPS) is 13.6. The molecule has 0 aliphatic rings. The largest absolute Gasteiger partial charge is 0.392 e. The topological polar surface area (TPSA) is 32.7 Å². The van der Waals surface area contributed by atoms with Crippen molar-refractivity contribution in [2.24, 2.45) is 0 Å². The molecule has 0 aromatic rings. The van der Waals surface area contributed by atoms with Crippen LogP contribution < -0.4 is 0 Å². The molecule has 3 nitrogen and oxygen atoms in total. The van der Waals surface area contributed by atoms with Gasteiger partial charge in [-0.05, 0) is 19.9 Å². The molecule has 1 unspecified atom stereocenters. The second kappa shape index (κ2) is 8.48. The van der Waals surface area contributed by atoms with Crippen LogP contribution in [0.25, 0.3) is 0 Å². The van der Waals surface area contributed by atoms with Crippen LogP contribution in [0.3, 0.4) is 0 Å². The molecule has 0 aliphatic heterocycles. The van der Waals surface area contributed by atoms with E-state index in [1.54, 1.807) is 0 Å². The number of likely N-dealkylation sites (N-methyl/N-ethyl adjacent to an activating group) is 1. The first-order valence-electron chi connectivity index (χ1n) is 5.22. The number of aliphatic hydroxyl groups is 1. The minimum atomic E-state index is -0.193. The number of aliphatic hydroxyl groups excluding tert-OH is 1. The van der Waals surface area contributed by atoms with Crippen LogP contribution in [-0.4, -0.2) is 49.0 Å². The van der Waals surface area contributed by atoms with Gasteiger partial charge in [-0.3, -0.25) is 4.90 Å². The highest BCUT2D eigenvalue weighted by molar-refractivity contribution is 4.61. The van der Waals surface area contributed by atoms with Gasteiger partial charge >= 0.3 is 0 Å². The summed E-state index contributed by atoms with van der Waals surface area (Å²) < 4.78 is 5.26. The standard InChI is InChI=1S/C10H23NO2/c1-4-10(12)9-11(5-2)7-8-13-6-3/h10,12H,4-9H2,1-3H3. The molecule has 0 saturated heterocycles. The zero-order chi connectivity index (χ0) is 10.1. The van der Waals surface area contributed by atoms with E-state index in [2.05, 4.69) is 11.8 Å². The minimum absolute atomic E-state index is 0.193. The smallest absolute Gasteiger partial charge is 0.0664 e. The molecule has 1 atom stereocenters. The Morgan fingerprint density at radius 3 is 2.46 bits per heavy atom. The van der Waals surface area contributed by atoms with Crippen LogP contribution in [0.1, 0.15) is 27.2 Å². The third-order valence-corrected chi connectivity index (χ3v) is 2.14. The summed E-state index contributed by atoms with van der Waals surface area (Å²) in [6.07, 6.45) is 0.632. The Morgan fingerprint density at radius 2 is 2.00 bits per heavy atom. The van der Waals surface area contributed by atoms with Crippen LogP contribution in [-0.2, 0) is 4.74 Å². The summed E-state index contributed by atoms with van der Waals surface area (Å²) in [6, 6.07) is 0. The summed E-state index contributed by atoms with van der Waals surface area (Å²) in [6.45, 7) is 10.3. The van der Waals surface area contributed by atoms with Gasteiger partial charge in [0, 0.05) is 19.7 Å². The third-order valence-electron chi connectivity index (χ3n) is 2.14. The van der Waals surface area contributed by atoms with Crippen molar-refractivity contribution in [3.63, 3.8) is 0 Å². The maximum Gasteiger partial charge on any atom is 0.0664 e. The number of nitrogens with zero attached hydrogens (tertiary/aromatic N) is 1. The van der Waals surface area contributed by atoms with Crippen LogP contribution in [0.4, 0.5) is 0 Å². The monoisotopic (exact) mass is 189 g/mol. The van der Waals surface area contributed by atoms with E-state index < -0.39 is 0 Å². The molecule has 0 aromatic carbocycles. The molecule has 13 heavy (non-hydrogen) atoms. The molecule has 0 radical (unpaired) electrons. The fraction of sp³-hybridized carbons (Fsp3) is 1.00. The second-order valence-corrected chi connectivity index (χ2v) is 3.15. The molecule has 3 heteroatoms. The average molecular weight is 189 g/mol. The fourth-order valence-corrected chi connectivity index (χ4v) is 1.14. The van der Waals surface area contributed by atoms with E-state index in [0.29, 0.717) is 0 Å². The maximum atomic E-state index is 9.43. The van der Waals surface area contributed by atoms with Crippen molar-refractivity contribution in [1.82, 2.24) is 4.90 Å². The second-order valence-electron chi connectivity index (χ2n) is 3.15. The van der Waals surface area contributed by atoms with E-state index >= 15 is 0 Å². The van der Waals surface area contributed by atoms with Crippen LogP contribution in [0.2, 0.25) is 0 Å². The van der Waals surface area contributed by atoms with Crippen molar-refractivity contribution in [2.45, 2.75) is 33.3 Å². The number of hydrogen-bond acceptors (Lipinski definition) is 3. The summed E-state index contributed by atoms with van der Waals surface area (Å²) in [4.78, 5) is 2.21. The molecular formula is C10H23NO2. The van der Waals surface area contributed by atoms with Crippen LogP contribution in [0.5, 0.6) is 0 Å². The summed E-state index contributed by atoms with van der Waals surface area (Å²) in [5.74, 6) is 0. The van der Waals surface area contributed by atoms with Gasteiger partial charge in [-0.2, -0.15) is 0 Å². The Kier molecular flexibility index (Phi) is 8.40. The third kappa shape index (κ3) is 6.99. The van der Waals surface area contributed by atoms with E-state index in [4.69, 9.17) is 4.74 Å². The predicted octanol–water partition coefficient (Wildman–Crippen LogP) is 1.12. The maximum absolute atomic E-state index is 9.43. The van der Waals surface area contributed by atoms with E-state index in [0.717, 1.165) is 39.3 Å². The number of rotatable bonds is 8. The van der Waals surface area contributed by atoms with Gasteiger partial charge < -0.3 is 9.84 Å². The Labute approximate surface area is 81.7 Å². The lowest BCUT2D eigenvalue weighted by Gasteiger charge is -2.22. The molecule has 0 amide bonds. The van der Waals surface area contributed by atoms with Crippen molar-refractivity contribution in [3.05, 3.63) is 0 Å². The van der Waals surface area contributed by atoms with Gasteiger partial charge in [-0.1, -0.05) is 13.8 Å². The summed E-state index contributed by atoms with van der Waals surface area (Å²) >= 11 is 0. The number of hydrogen-bond donors (Lipinski definition) is 1. The van der Waals surface area contributed by atoms with Crippen LogP contribution in [0, 0.1) is 0 Å². The Balaban J connectivity index is 3.50. The highest BCUT2D eigenvalue weighted by atomic mass is 16.5. The molecule has 0 aliphatic carbocycles. The fourth-order valence-electron chi connectivity index (χ4n) is 1.14. The lowest BCUT2D eigenvalue weighted by atomic mass is 10.2. The van der Waals surface area contributed by atoms with E-state index in [1.165, 1.54) is 0 Å². The Bertz CT molecular complexity index is 109. The van der Waals surface area contributed by atoms with Gasteiger partial charge in [-0.15, -0.1) is 0 Å². The van der Waals surface area contributed by atoms with Gasteiger partial charge in [0.05, 0.1) is 12.7 Å². The van der Waals surface area contributed by atoms with Crippen LogP contribution >= 0.6 is 0 Å². The molecule has 0 bridgehead atoms. The summed E-state index contributed by atoms with van der Waals surface area (Å²) in [7, 11) is 0. The lowest BCUT2D eigenvalue weighted by molar-refractivity contribution is 0.0778. The first-order valence-corrected chi connectivity index (χ1v) is 5.22. The molecule has 0 aromatic heterocycles.